The van der Waals surface area contributed by atoms with Crippen molar-refractivity contribution >= 4 is 28.1 Å². The molecule has 0 unspecified atom stereocenters. The fourth-order valence-corrected chi connectivity index (χ4v) is 4.01. The van der Waals surface area contributed by atoms with Crippen molar-refractivity contribution in [2.45, 2.75) is 39.4 Å². The molecule has 4 aromatic heterocycles. The van der Waals surface area contributed by atoms with Crippen molar-refractivity contribution in [3.63, 3.8) is 0 Å². The Kier molecular flexibility index (Phi) is 5.33. The van der Waals surface area contributed by atoms with Gasteiger partial charge in [-0.15, -0.1) is 0 Å². The van der Waals surface area contributed by atoms with Crippen LogP contribution in [0.1, 0.15) is 26.5 Å². The molecule has 0 saturated heterocycles. The molecule has 0 radical (unpaired) electrons. The standard InChI is InChI=1S/C22H28N8O2/c1-6-29-16-18(26-20(29)27(4)13-22(2,3)23)28(5)21(32)30(19(16)31)12-15-10-9-14-8-7-11-24-17(14)25-15/h7-11H,6,12-13,23H2,1-5H3. The Labute approximate surface area is 184 Å². The quantitative estimate of drug-likeness (QED) is 0.481. The van der Waals surface area contributed by atoms with Gasteiger partial charge in [-0.2, -0.15) is 4.98 Å². The number of rotatable bonds is 6. The van der Waals surface area contributed by atoms with Crippen LogP contribution in [0.2, 0.25) is 0 Å². The zero-order valence-corrected chi connectivity index (χ0v) is 19.0. The number of hydrogen-bond donors (Lipinski definition) is 1. The summed E-state index contributed by atoms with van der Waals surface area (Å²) in [4.78, 5) is 41.9. The van der Waals surface area contributed by atoms with E-state index < -0.39 is 16.8 Å². The van der Waals surface area contributed by atoms with E-state index in [4.69, 9.17) is 5.73 Å². The number of fused-ring (bicyclic) bond motifs is 2. The van der Waals surface area contributed by atoms with E-state index in [1.165, 1.54) is 9.13 Å². The maximum atomic E-state index is 13.5. The normalized spacial score (nSPS) is 12.1. The van der Waals surface area contributed by atoms with E-state index in [0.717, 1.165) is 5.39 Å². The first-order valence-electron chi connectivity index (χ1n) is 10.5. The number of pyridine rings is 2. The average molecular weight is 437 g/mol. The molecule has 10 heteroatoms. The molecule has 4 rings (SSSR count). The summed E-state index contributed by atoms with van der Waals surface area (Å²) in [6, 6.07) is 7.44. The van der Waals surface area contributed by atoms with Gasteiger partial charge < -0.3 is 15.2 Å². The Morgan fingerprint density at radius 2 is 1.88 bits per heavy atom. The molecule has 0 spiro atoms. The summed E-state index contributed by atoms with van der Waals surface area (Å²) >= 11 is 0. The molecule has 0 fully saturated rings. The summed E-state index contributed by atoms with van der Waals surface area (Å²) in [5, 5.41) is 0.895. The second-order valence-corrected chi connectivity index (χ2v) is 8.76. The van der Waals surface area contributed by atoms with E-state index in [2.05, 4.69) is 15.0 Å². The van der Waals surface area contributed by atoms with Crippen LogP contribution in [-0.2, 0) is 20.1 Å². The molecule has 168 valence electrons. The van der Waals surface area contributed by atoms with E-state index >= 15 is 0 Å². The minimum absolute atomic E-state index is 0.0455. The van der Waals surface area contributed by atoms with Gasteiger partial charge in [0.25, 0.3) is 5.56 Å². The van der Waals surface area contributed by atoms with Gasteiger partial charge in [0.2, 0.25) is 5.95 Å². The Morgan fingerprint density at radius 3 is 2.56 bits per heavy atom. The average Bonchev–Trinajstić information content (AvgIpc) is 3.14. The lowest BCUT2D eigenvalue weighted by Crippen LogP contribution is -2.44. The second kappa shape index (κ2) is 7.86. The highest BCUT2D eigenvalue weighted by Gasteiger charge is 2.24. The largest absolute Gasteiger partial charge is 0.343 e. The molecule has 4 aromatic rings. The zero-order valence-electron chi connectivity index (χ0n) is 19.0. The summed E-state index contributed by atoms with van der Waals surface area (Å²) in [5.41, 5.74) is 6.77. The van der Waals surface area contributed by atoms with Crippen LogP contribution in [0.25, 0.3) is 22.2 Å². The topological polar surface area (TPSA) is 117 Å². The number of hydrogen-bond acceptors (Lipinski definition) is 7. The molecule has 4 heterocycles. The molecule has 0 aromatic carbocycles. The maximum Gasteiger partial charge on any atom is 0.332 e. The van der Waals surface area contributed by atoms with Gasteiger partial charge >= 0.3 is 5.69 Å². The van der Waals surface area contributed by atoms with Gasteiger partial charge in [0.05, 0.1) is 12.2 Å². The molecule has 0 atom stereocenters. The summed E-state index contributed by atoms with van der Waals surface area (Å²) < 4.78 is 4.44. The zero-order chi connectivity index (χ0) is 23.2. The Bertz CT molecular complexity index is 1420. The Morgan fingerprint density at radius 1 is 1.12 bits per heavy atom. The molecule has 0 aliphatic rings. The van der Waals surface area contributed by atoms with Crippen LogP contribution in [0, 0.1) is 0 Å². The lowest BCUT2D eigenvalue weighted by Gasteiger charge is -2.27. The first kappa shape index (κ1) is 21.7. The van der Waals surface area contributed by atoms with Crippen molar-refractivity contribution in [2.24, 2.45) is 12.8 Å². The summed E-state index contributed by atoms with van der Waals surface area (Å²) in [6.07, 6.45) is 1.66. The van der Waals surface area contributed by atoms with Gasteiger partial charge in [0, 0.05) is 44.3 Å². The Balaban J connectivity index is 1.87. The van der Waals surface area contributed by atoms with Crippen molar-refractivity contribution in [1.82, 2.24) is 28.7 Å². The highest BCUT2D eigenvalue weighted by molar-refractivity contribution is 5.75. The number of aryl methyl sites for hydroxylation is 2. The number of nitrogens with two attached hydrogens (primary N) is 1. The van der Waals surface area contributed by atoms with Crippen LogP contribution in [0.15, 0.2) is 40.1 Å². The molecule has 10 nitrogen and oxygen atoms in total. The van der Waals surface area contributed by atoms with E-state index in [9.17, 15) is 9.59 Å². The summed E-state index contributed by atoms with van der Waals surface area (Å²) in [6.45, 7) is 6.90. The number of aromatic nitrogens is 6. The minimum Gasteiger partial charge on any atom is -0.343 e. The SMILES string of the molecule is CCn1c(N(C)CC(C)(C)N)nc2c1c(=O)n(Cc1ccc3cccnc3n1)c(=O)n2C. The molecule has 0 aliphatic carbocycles. The van der Waals surface area contributed by atoms with Gasteiger partial charge in [-0.1, -0.05) is 0 Å². The molecule has 0 bridgehead atoms. The summed E-state index contributed by atoms with van der Waals surface area (Å²) in [7, 11) is 3.50. The van der Waals surface area contributed by atoms with E-state index in [1.807, 2.05) is 55.5 Å². The van der Waals surface area contributed by atoms with E-state index in [1.54, 1.807) is 19.3 Å². The molecular weight excluding hydrogens is 408 g/mol. The number of likely N-dealkylation sites (N-methyl/N-ethyl adjacent to an activating group) is 1. The third-order valence-electron chi connectivity index (χ3n) is 5.36. The number of anilines is 1. The third kappa shape index (κ3) is 3.77. The van der Waals surface area contributed by atoms with Crippen LogP contribution >= 0.6 is 0 Å². The van der Waals surface area contributed by atoms with Crippen molar-refractivity contribution in [3.8, 4) is 0 Å². The van der Waals surface area contributed by atoms with Crippen molar-refractivity contribution in [2.75, 3.05) is 18.5 Å². The lowest BCUT2D eigenvalue weighted by molar-refractivity contribution is 0.511. The van der Waals surface area contributed by atoms with Crippen LogP contribution in [0.5, 0.6) is 0 Å². The van der Waals surface area contributed by atoms with Crippen LogP contribution in [0.3, 0.4) is 0 Å². The highest BCUT2D eigenvalue weighted by Crippen LogP contribution is 2.20. The minimum atomic E-state index is -0.451. The van der Waals surface area contributed by atoms with Crippen LogP contribution in [0.4, 0.5) is 5.95 Å². The van der Waals surface area contributed by atoms with Crippen molar-refractivity contribution < 1.29 is 0 Å². The van der Waals surface area contributed by atoms with E-state index in [-0.39, 0.29) is 6.54 Å². The van der Waals surface area contributed by atoms with Gasteiger partial charge in [0.1, 0.15) is 0 Å². The molecular formula is C22H28N8O2. The van der Waals surface area contributed by atoms with Crippen LogP contribution in [-0.4, -0.2) is 47.8 Å². The maximum absolute atomic E-state index is 13.5. The first-order valence-corrected chi connectivity index (χ1v) is 10.5. The van der Waals surface area contributed by atoms with Crippen molar-refractivity contribution in [3.05, 3.63) is 57.0 Å². The summed E-state index contributed by atoms with van der Waals surface area (Å²) in [5.74, 6) is 0.596. The molecule has 0 saturated carbocycles. The number of imidazole rings is 1. The molecule has 32 heavy (non-hydrogen) atoms. The molecule has 0 aliphatic heterocycles. The lowest BCUT2D eigenvalue weighted by atomic mass is 10.1. The molecule has 0 amide bonds. The predicted octanol–water partition coefficient (Wildman–Crippen LogP) is 1.08. The highest BCUT2D eigenvalue weighted by atomic mass is 16.2. The van der Waals surface area contributed by atoms with E-state index in [0.29, 0.717) is 41.5 Å². The third-order valence-corrected chi connectivity index (χ3v) is 5.36. The van der Waals surface area contributed by atoms with Gasteiger partial charge in [-0.3, -0.25) is 13.9 Å². The van der Waals surface area contributed by atoms with Crippen LogP contribution < -0.4 is 21.9 Å². The van der Waals surface area contributed by atoms with Gasteiger partial charge in [0.15, 0.2) is 16.8 Å². The monoisotopic (exact) mass is 436 g/mol. The van der Waals surface area contributed by atoms with Gasteiger partial charge in [-0.05, 0) is 45.0 Å². The fourth-order valence-electron chi connectivity index (χ4n) is 4.01. The van der Waals surface area contributed by atoms with Crippen molar-refractivity contribution in [1.29, 1.82) is 0 Å². The fraction of sp³-hybridized carbons (Fsp3) is 0.409. The van der Waals surface area contributed by atoms with Gasteiger partial charge in [-0.25, -0.2) is 14.8 Å². The second-order valence-electron chi connectivity index (χ2n) is 8.76. The Hall–Kier alpha value is -3.53. The predicted molar refractivity (Wildman–Crippen MR) is 125 cm³/mol. The number of nitrogens with zero attached hydrogens (tertiary/aromatic N) is 7. The first-order chi connectivity index (χ1) is 15.1. The molecule has 2 N–H and O–H groups in total. The smallest absolute Gasteiger partial charge is 0.332 e.